The molecule has 1 rings (SSSR count). The molecular formula is C16H24N2O2. The quantitative estimate of drug-likeness (QED) is 0.862. The molecule has 4 heteroatoms. The molecule has 1 aromatic carbocycles. The molecule has 0 radical (unpaired) electrons. The number of amides is 2. The van der Waals surface area contributed by atoms with Crippen LogP contribution in [0.1, 0.15) is 26.3 Å². The van der Waals surface area contributed by atoms with Gasteiger partial charge in [0, 0.05) is 13.6 Å². The summed E-state index contributed by atoms with van der Waals surface area (Å²) in [4.78, 5) is 25.9. The van der Waals surface area contributed by atoms with Crippen LogP contribution in [0.5, 0.6) is 0 Å². The molecule has 0 saturated carbocycles. The maximum absolute atomic E-state index is 12.2. The highest BCUT2D eigenvalue weighted by atomic mass is 16.2. The van der Waals surface area contributed by atoms with Crippen LogP contribution in [0.4, 0.5) is 0 Å². The fourth-order valence-corrected chi connectivity index (χ4v) is 1.91. The number of benzene rings is 1. The van der Waals surface area contributed by atoms with E-state index >= 15 is 0 Å². The van der Waals surface area contributed by atoms with Crippen LogP contribution in [0.2, 0.25) is 0 Å². The van der Waals surface area contributed by atoms with Crippen molar-refractivity contribution in [1.82, 2.24) is 10.2 Å². The van der Waals surface area contributed by atoms with Crippen LogP contribution in [0.25, 0.3) is 0 Å². The van der Waals surface area contributed by atoms with Gasteiger partial charge in [0.25, 0.3) is 0 Å². The first-order chi connectivity index (χ1) is 9.45. The maximum Gasteiger partial charge on any atom is 0.245 e. The molecule has 110 valence electrons. The number of nitrogens with one attached hydrogen (secondary N) is 1. The molecule has 1 N–H and O–H groups in total. The molecule has 0 aliphatic heterocycles. The standard InChI is InChI=1S/C16H24N2O2/c1-5-18(4)16(20)15(12(2)3)17-14(19)11-13-9-7-6-8-10-13/h6-10,12,15H,5,11H2,1-4H3,(H,17,19). The predicted octanol–water partition coefficient (Wildman–Crippen LogP) is 1.85. The van der Waals surface area contributed by atoms with Crippen molar-refractivity contribution in [3.8, 4) is 0 Å². The Bertz CT molecular complexity index is 443. The van der Waals surface area contributed by atoms with Crippen molar-refractivity contribution >= 4 is 11.8 Å². The van der Waals surface area contributed by atoms with E-state index in [0.717, 1.165) is 5.56 Å². The second kappa shape index (κ2) is 7.68. The number of hydrogen-bond acceptors (Lipinski definition) is 2. The molecule has 0 spiro atoms. The van der Waals surface area contributed by atoms with Gasteiger partial charge in [0.2, 0.25) is 11.8 Å². The lowest BCUT2D eigenvalue weighted by molar-refractivity contribution is -0.136. The molecular weight excluding hydrogens is 252 g/mol. The van der Waals surface area contributed by atoms with Crippen molar-refractivity contribution in [3.05, 3.63) is 35.9 Å². The Morgan fingerprint density at radius 3 is 2.30 bits per heavy atom. The third kappa shape index (κ3) is 4.68. The van der Waals surface area contributed by atoms with Crippen LogP contribution in [-0.4, -0.2) is 36.3 Å². The topological polar surface area (TPSA) is 49.4 Å². The first kappa shape index (κ1) is 16.2. The van der Waals surface area contributed by atoms with Crippen molar-refractivity contribution in [2.75, 3.05) is 13.6 Å². The van der Waals surface area contributed by atoms with E-state index in [1.165, 1.54) is 0 Å². The predicted molar refractivity (Wildman–Crippen MR) is 80.2 cm³/mol. The van der Waals surface area contributed by atoms with Gasteiger partial charge in [0.1, 0.15) is 6.04 Å². The Balaban J connectivity index is 2.66. The van der Waals surface area contributed by atoms with E-state index in [-0.39, 0.29) is 17.7 Å². The molecule has 0 fully saturated rings. The molecule has 0 aliphatic rings. The lowest BCUT2D eigenvalue weighted by Crippen LogP contribution is -2.50. The van der Waals surface area contributed by atoms with Gasteiger partial charge in [-0.3, -0.25) is 9.59 Å². The van der Waals surface area contributed by atoms with Gasteiger partial charge in [0.15, 0.2) is 0 Å². The molecule has 0 bridgehead atoms. The van der Waals surface area contributed by atoms with E-state index in [1.807, 2.05) is 51.1 Å². The number of nitrogens with zero attached hydrogens (tertiary/aromatic N) is 1. The van der Waals surface area contributed by atoms with Gasteiger partial charge >= 0.3 is 0 Å². The minimum Gasteiger partial charge on any atom is -0.344 e. The van der Waals surface area contributed by atoms with E-state index < -0.39 is 6.04 Å². The molecule has 0 saturated heterocycles. The highest BCUT2D eigenvalue weighted by molar-refractivity contribution is 5.88. The highest BCUT2D eigenvalue weighted by Gasteiger charge is 2.26. The summed E-state index contributed by atoms with van der Waals surface area (Å²) in [5.74, 6) is -0.0899. The second-order valence-corrected chi connectivity index (χ2v) is 5.30. The molecule has 0 heterocycles. The molecule has 0 aromatic heterocycles. The van der Waals surface area contributed by atoms with Crippen LogP contribution in [0.15, 0.2) is 30.3 Å². The molecule has 1 atom stereocenters. The molecule has 1 aromatic rings. The molecule has 1 unspecified atom stereocenters. The lowest BCUT2D eigenvalue weighted by Gasteiger charge is -2.26. The van der Waals surface area contributed by atoms with Crippen LogP contribution >= 0.6 is 0 Å². The fourth-order valence-electron chi connectivity index (χ4n) is 1.91. The lowest BCUT2D eigenvalue weighted by atomic mass is 10.0. The Kier molecular flexibility index (Phi) is 6.22. The smallest absolute Gasteiger partial charge is 0.245 e. The summed E-state index contributed by atoms with van der Waals surface area (Å²) in [5, 5.41) is 2.85. The van der Waals surface area contributed by atoms with Crippen molar-refractivity contribution < 1.29 is 9.59 Å². The highest BCUT2D eigenvalue weighted by Crippen LogP contribution is 2.07. The van der Waals surface area contributed by atoms with E-state index in [9.17, 15) is 9.59 Å². The summed E-state index contributed by atoms with van der Waals surface area (Å²) in [5.41, 5.74) is 0.948. The van der Waals surface area contributed by atoms with Gasteiger partial charge in [-0.2, -0.15) is 0 Å². The Labute approximate surface area is 121 Å². The minimum atomic E-state index is -0.462. The van der Waals surface area contributed by atoms with Gasteiger partial charge in [-0.15, -0.1) is 0 Å². The minimum absolute atomic E-state index is 0.0380. The van der Waals surface area contributed by atoms with Crippen LogP contribution in [-0.2, 0) is 16.0 Å². The Morgan fingerprint density at radius 2 is 1.80 bits per heavy atom. The van der Waals surface area contributed by atoms with Gasteiger partial charge in [-0.25, -0.2) is 0 Å². The summed E-state index contributed by atoms with van der Waals surface area (Å²) >= 11 is 0. The number of likely N-dealkylation sites (N-methyl/N-ethyl adjacent to an activating group) is 1. The average molecular weight is 276 g/mol. The normalized spacial score (nSPS) is 12.1. The van der Waals surface area contributed by atoms with Gasteiger partial charge < -0.3 is 10.2 Å². The first-order valence-electron chi connectivity index (χ1n) is 7.04. The van der Waals surface area contributed by atoms with Gasteiger partial charge in [-0.05, 0) is 18.4 Å². The number of carbonyl (C=O) groups is 2. The Hall–Kier alpha value is -1.84. The third-order valence-electron chi connectivity index (χ3n) is 3.31. The van der Waals surface area contributed by atoms with Crippen molar-refractivity contribution in [2.45, 2.75) is 33.2 Å². The van der Waals surface area contributed by atoms with E-state index in [2.05, 4.69) is 5.32 Å². The van der Waals surface area contributed by atoms with Crippen LogP contribution in [0, 0.1) is 5.92 Å². The largest absolute Gasteiger partial charge is 0.344 e. The summed E-state index contributed by atoms with van der Waals surface area (Å²) in [6.07, 6.45) is 0.299. The van der Waals surface area contributed by atoms with E-state index in [0.29, 0.717) is 13.0 Å². The molecule has 20 heavy (non-hydrogen) atoms. The first-order valence-corrected chi connectivity index (χ1v) is 7.04. The SMILES string of the molecule is CCN(C)C(=O)C(NC(=O)Cc1ccccc1)C(C)C. The molecule has 4 nitrogen and oxygen atoms in total. The van der Waals surface area contributed by atoms with Gasteiger partial charge in [0.05, 0.1) is 6.42 Å². The van der Waals surface area contributed by atoms with Crippen molar-refractivity contribution in [3.63, 3.8) is 0 Å². The van der Waals surface area contributed by atoms with E-state index in [1.54, 1.807) is 11.9 Å². The maximum atomic E-state index is 12.2. The molecule has 0 aliphatic carbocycles. The summed E-state index contributed by atoms with van der Waals surface area (Å²) in [6, 6.07) is 9.07. The summed E-state index contributed by atoms with van der Waals surface area (Å²) < 4.78 is 0. The third-order valence-corrected chi connectivity index (χ3v) is 3.31. The van der Waals surface area contributed by atoms with Gasteiger partial charge in [-0.1, -0.05) is 44.2 Å². The summed E-state index contributed by atoms with van der Waals surface area (Å²) in [7, 11) is 1.75. The fraction of sp³-hybridized carbons (Fsp3) is 0.500. The average Bonchev–Trinajstić information content (AvgIpc) is 2.44. The Morgan fingerprint density at radius 1 is 1.20 bits per heavy atom. The summed E-state index contributed by atoms with van der Waals surface area (Å²) in [6.45, 7) is 6.43. The number of carbonyl (C=O) groups excluding carboxylic acids is 2. The molecule has 2 amide bonds. The van der Waals surface area contributed by atoms with Crippen LogP contribution < -0.4 is 5.32 Å². The number of hydrogen-bond donors (Lipinski definition) is 1. The van der Waals surface area contributed by atoms with E-state index in [4.69, 9.17) is 0 Å². The van der Waals surface area contributed by atoms with Crippen LogP contribution in [0.3, 0.4) is 0 Å². The zero-order valence-corrected chi connectivity index (χ0v) is 12.7. The zero-order chi connectivity index (χ0) is 15.1. The second-order valence-electron chi connectivity index (χ2n) is 5.30. The van der Waals surface area contributed by atoms with Crippen molar-refractivity contribution in [2.24, 2.45) is 5.92 Å². The number of rotatable bonds is 6. The monoisotopic (exact) mass is 276 g/mol. The zero-order valence-electron chi connectivity index (χ0n) is 12.7. The van der Waals surface area contributed by atoms with Crippen molar-refractivity contribution in [1.29, 1.82) is 0 Å².